The highest BCUT2D eigenvalue weighted by molar-refractivity contribution is 5.79. The molecule has 1 aromatic carbocycles. The minimum absolute atomic E-state index is 0.474. The van der Waals surface area contributed by atoms with Gasteiger partial charge >= 0.3 is 0 Å². The number of hydrogen-bond donors (Lipinski definition) is 3. The van der Waals surface area contributed by atoms with Crippen LogP contribution in [0.15, 0.2) is 24.3 Å². The van der Waals surface area contributed by atoms with Crippen molar-refractivity contribution < 1.29 is 15.0 Å². The highest BCUT2D eigenvalue weighted by atomic mass is 16.3. The molecule has 1 amide bonds. The van der Waals surface area contributed by atoms with Gasteiger partial charge in [-0.2, -0.15) is 0 Å². The summed E-state index contributed by atoms with van der Waals surface area (Å²) >= 11 is 0. The fourth-order valence-corrected chi connectivity index (χ4v) is 1.10. The van der Waals surface area contributed by atoms with Crippen LogP contribution in [-0.2, 0) is 4.79 Å². The summed E-state index contributed by atoms with van der Waals surface area (Å²) in [5, 5.41) is 18.7. The molecule has 0 radical (unpaired) electrons. The van der Waals surface area contributed by atoms with Gasteiger partial charge in [0.25, 0.3) is 0 Å². The van der Waals surface area contributed by atoms with Gasteiger partial charge in [-0.25, -0.2) is 0 Å². The van der Waals surface area contributed by atoms with Gasteiger partial charge in [0.05, 0.1) is 0 Å². The van der Waals surface area contributed by atoms with Gasteiger partial charge in [0.1, 0.15) is 6.10 Å². The Kier molecular flexibility index (Phi) is 3.22. The number of aliphatic hydroxyl groups excluding tert-OH is 2. The van der Waals surface area contributed by atoms with E-state index >= 15 is 0 Å². The third-order valence-corrected chi connectivity index (χ3v) is 2.01. The van der Waals surface area contributed by atoms with Crippen LogP contribution in [0, 0.1) is 6.92 Å². The summed E-state index contributed by atoms with van der Waals surface area (Å²) in [7, 11) is 0. The lowest BCUT2D eigenvalue weighted by molar-refractivity contribution is -0.131. The first-order chi connectivity index (χ1) is 6.52. The van der Waals surface area contributed by atoms with Gasteiger partial charge < -0.3 is 15.9 Å². The predicted molar refractivity (Wildman–Crippen MR) is 51.3 cm³/mol. The summed E-state index contributed by atoms with van der Waals surface area (Å²) in [6, 6.07) is 6.86. The molecule has 0 saturated heterocycles. The molecule has 76 valence electrons. The van der Waals surface area contributed by atoms with Gasteiger partial charge in [-0.05, 0) is 12.5 Å². The largest absolute Gasteiger partial charge is 0.385 e. The second kappa shape index (κ2) is 4.21. The number of carbonyl (C=O) groups is 1. The third kappa shape index (κ3) is 2.31. The molecule has 0 spiro atoms. The van der Waals surface area contributed by atoms with Crippen molar-refractivity contribution in [1.82, 2.24) is 0 Å². The molecule has 4 nitrogen and oxygen atoms in total. The molecule has 0 aliphatic rings. The Morgan fingerprint density at radius 2 is 1.79 bits per heavy atom. The standard InChI is InChI=1S/C10H13NO3/c1-6-2-4-7(5-3-6)8(12)9(13)10(11)14/h2-5,8-9,12-13H,1H3,(H2,11,14). The van der Waals surface area contributed by atoms with Crippen LogP contribution in [0.3, 0.4) is 0 Å². The summed E-state index contributed by atoms with van der Waals surface area (Å²) in [4.78, 5) is 10.6. The SMILES string of the molecule is Cc1ccc(C(O)C(O)C(N)=O)cc1. The molecule has 4 N–H and O–H groups in total. The number of hydrogen-bond acceptors (Lipinski definition) is 3. The van der Waals surface area contributed by atoms with E-state index in [9.17, 15) is 15.0 Å². The third-order valence-electron chi connectivity index (χ3n) is 2.01. The molecule has 0 bridgehead atoms. The first-order valence-corrected chi connectivity index (χ1v) is 4.24. The molecule has 2 unspecified atom stereocenters. The van der Waals surface area contributed by atoms with Gasteiger partial charge in [0.15, 0.2) is 6.10 Å². The lowest BCUT2D eigenvalue weighted by Crippen LogP contribution is -2.33. The Morgan fingerprint density at radius 1 is 1.29 bits per heavy atom. The molecule has 0 aliphatic carbocycles. The highest BCUT2D eigenvalue weighted by Crippen LogP contribution is 2.16. The van der Waals surface area contributed by atoms with E-state index in [-0.39, 0.29) is 0 Å². The second-order valence-electron chi connectivity index (χ2n) is 3.20. The Hall–Kier alpha value is -1.39. The molecule has 0 aliphatic heterocycles. The van der Waals surface area contributed by atoms with Crippen molar-refractivity contribution >= 4 is 5.91 Å². The van der Waals surface area contributed by atoms with Gasteiger partial charge in [0.2, 0.25) is 5.91 Å². The average molecular weight is 195 g/mol. The van der Waals surface area contributed by atoms with Crippen LogP contribution in [0.1, 0.15) is 17.2 Å². The summed E-state index contributed by atoms with van der Waals surface area (Å²) in [5.74, 6) is -0.932. The van der Waals surface area contributed by atoms with Gasteiger partial charge in [0, 0.05) is 0 Å². The van der Waals surface area contributed by atoms with Crippen LogP contribution in [0.25, 0.3) is 0 Å². The highest BCUT2D eigenvalue weighted by Gasteiger charge is 2.22. The molecule has 0 fully saturated rings. The summed E-state index contributed by atoms with van der Waals surface area (Å²) < 4.78 is 0. The molecule has 0 heterocycles. The topological polar surface area (TPSA) is 83.6 Å². The smallest absolute Gasteiger partial charge is 0.249 e. The quantitative estimate of drug-likeness (QED) is 0.628. The average Bonchev–Trinajstić information content (AvgIpc) is 2.16. The van der Waals surface area contributed by atoms with E-state index in [1.807, 2.05) is 6.92 Å². The van der Waals surface area contributed by atoms with Gasteiger partial charge in [-0.3, -0.25) is 4.79 Å². The lowest BCUT2D eigenvalue weighted by atomic mass is 10.0. The monoisotopic (exact) mass is 195 g/mol. The number of aliphatic hydroxyl groups is 2. The summed E-state index contributed by atoms with van der Waals surface area (Å²) in [5.41, 5.74) is 6.37. The van der Waals surface area contributed by atoms with Gasteiger partial charge in [-0.1, -0.05) is 29.8 Å². The molecule has 4 heteroatoms. The van der Waals surface area contributed by atoms with Gasteiger partial charge in [-0.15, -0.1) is 0 Å². The molecule has 14 heavy (non-hydrogen) atoms. The molecule has 1 aromatic rings. The van der Waals surface area contributed by atoms with Crippen molar-refractivity contribution in [3.05, 3.63) is 35.4 Å². The van der Waals surface area contributed by atoms with E-state index in [0.717, 1.165) is 5.56 Å². The van der Waals surface area contributed by atoms with Crippen molar-refractivity contribution in [2.24, 2.45) is 5.73 Å². The molecular weight excluding hydrogens is 182 g/mol. The normalized spacial score (nSPS) is 14.8. The van der Waals surface area contributed by atoms with Crippen LogP contribution in [0.2, 0.25) is 0 Å². The molecule has 0 aromatic heterocycles. The summed E-state index contributed by atoms with van der Waals surface area (Å²) in [6.07, 6.45) is -2.81. The maximum Gasteiger partial charge on any atom is 0.249 e. The number of aryl methyl sites for hydroxylation is 1. The zero-order valence-electron chi connectivity index (χ0n) is 7.84. The van der Waals surface area contributed by atoms with E-state index in [1.54, 1.807) is 24.3 Å². The minimum Gasteiger partial charge on any atom is -0.385 e. The number of carbonyl (C=O) groups excluding carboxylic acids is 1. The number of primary amides is 1. The van der Waals surface area contributed by atoms with Crippen LogP contribution < -0.4 is 5.73 Å². The first kappa shape index (κ1) is 10.7. The fraction of sp³-hybridized carbons (Fsp3) is 0.300. The molecular formula is C10H13NO3. The van der Waals surface area contributed by atoms with Crippen molar-refractivity contribution in [2.75, 3.05) is 0 Å². The molecule has 0 saturated carbocycles. The number of benzene rings is 1. The van der Waals surface area contributed by atoms with Crippen LogP contribution in [-0.4, -0.2) is 22.2 Å². The van der Waals surface area contributed by atoms with Crippen molar-refractivity contribution in [3.8, 4) is 0 Å². The van der Waals surface area contributed by atoms with E-state index in [2.05, 4.69) is 0 Å². The van der Waals surface area contributed by atoms with E-state index in [4.69, 9.17) is 5.73 Å². The van der Waals surface area contributed by atoms with Crippen LogP contribution in [0.5, 0.6) is 0 Å². The first-order valence-electron chi connectivity index (χ1n) is 4.24. The maximum absolute atomic E-state index is 10.6. The summed E-state index contributed by atoms with van der Waals surface area (Å²) in [6.45, 7) is 1.90. The van der Waals surface area contributed by atoms with Crippen molar-refractivity contribution in [1.29, 1.82) is 0 Å². The maximum atomic E-state index is 10.6. The second-order valence-corrected chi connectivity index (χ2v) is 3.20. The fourth-order valence-electron chi connectivity index (χ4n) is 1.10. The number of rotatable bonds is 3. The predicted octanol–water partition coefficient (Wildman–Crippen LogP) is -0.125. The van der Waals surface area contributed by atoms with Crippen molar-refractivity contribution in [2.45, 2.75) is 19.1 Å². The number of amides is 1. The van der Waals surface area contributed by atoms with E-state index in [0.29, 0.717) is 5.56 Å². The van der Waals surface area contributed by atoms with E-state index < -0.39 is 18.1 Å². The van der Waals surface area contributed by atoms with Crippen LogP contribution in [0.4, 0.5) is 0 Å². The Labute approximate surface area is 82.0 Å². The number of nitrogens with two attached hydrogens (primary N) is 1. The minimum atomic E-state index is -1.56. The Balaban J connectivity index is 2.84. The van der Waals surface area contributed by atoms with Crippen LogP contribution >= 0.6 is 0 Å². The molecule has 1 rings (SSSR count). The molecule has 2 atom stereocenters. The Morgan fingerprint density at radius 3 is 2.21 bits per heavy atom. The zero-order chi connectivity index (χ0) is 10.7. The van der Waals surface area contributed by atoms with E-state index in [1.165, 1.54) is 0 Å². The lowest BCUT2D eigenvalue weighted by Gasteiger charge is -2.14. The Bertz CT molecular complexity index is 321. The zero-order valence-corrected chi connectivity index (χ0v) is 7.84. The van der Waals surface area contributed by atoms with Crippen molar-refractivity contribution in [3.63, 3.8) is 0 Å².